The van der Waals surface area contributed by atoms with Crippen LogP contribution in [-0.4, -0.2) is 40.4 Å². The smallest absolute Gasteiger partial charge is 0.200 e. The van der Waals surface area contributed by atoms with Crippen LogP contribution in [0.3, 0.4) is 0 Å². The molecular weight excluding hydrogens is 256 g/mol. The summed E-state index contributed by atoms with van der Waals surface area (Å²) in [7, 11) is 0. The predicted molar refractivity (Wildman–Crippen MR) is 75.2 cm³/mol. The van der Waals surface area contributed by atoms with E-state index in [1.54, 1.807) is 0 Å². The monoisotopic (exact) mass is 284 g/mol. The van der Waals surface area contributed by atoms with E-state index >= 15 is 0 Å². The van der Waals surface area contributed by atoms with Crippen molar-refractivity contribution in [3.05, 3.63) is 0 Å². The molecule has 6 atom stereocenters. The van der Waals surface area contributed by atoms with Crippen LogP contribution in [0, 0.1) is 5.92 Å². The highest BCUT2D eigenvalue weighted by Gasteiger charge is 2.62. The first-order valence-electron chi connectivity index (χ1n) is 8.39. The van der Waals surface area contributed by atoms with Crippen LogP contribution in [0.15, 0.2) is 0 Å². The van der Waals surface area contributed by atoms with Crippen LogP contribution in [0.4, 0.5) is 0 Å². The highest BCUT2D eigenvalue weighted by molar-refractivity contribution is 5.04. The highest BCUT2D eigenvalue weighted by Crippen LogP contribution is 2.51. The van der Waals surface area contributed by atoms with Crippen LogP contribution >= 0.6 is 0 Å². The zero-order valence-corrected chi connectivity index (χ0v) is 12.5. The SMILES string of the molecule is CCCCCC[C@@H]1O[C@@]23O[C@H]1CC[C@@H]2[C@H](O)CC[C@@H]3O. The average molecular weight is 284 g/mol. The lowest BCUT2D eigenvalue weighted by atomic mass is 9.75. The fourth-order valence-electron chi connectivity index (χ4n) is 4.23. The van der Waals surface area contributed by atoms with Crippen molar-refractivity contribution < 1.29 is 19.7 Å². The molecule has 0 amide bonds. The van der Waals surface area contributed by atoms with E-state index in [1.807, 2.05) is 0 Å². The van der Waals surface area contributed by atoms with Gasteiger partial charge < -0.3 is 19.7 Å². The highest BCUT2D eigenvalue weighted by atomic mass is 16.8. The summed E-state index contributed by atoms with van der Waals surface area (Å²) in [6.07, 6.45) is 8.28. The fraction of sp³-hybridized carbons (Fsp3) is 1.00. The largest absolute Gasteiger partial charge is 0.393 e. The third-order valence-corrected chi connectivity index (χ3v) is 5.37. The van der Waals surface area contributed by atoms with Gasteiger partial charge in [0.2, 0.25) is 5.79 Å². The van der Waals surface area contributed by atoms with Crippen molar-refractivity contribution in [1.82, 2.24) is 0 Å². The molecule has 2 bridgehead atoms. The van der Waals surface area contributed by atoms with Crippen molar-refractivity contribution >= 4 is 0 Å². The van der Waals surface area contributed by atoms with Gasteiger partial charge in [0.05, 0.1) is 18.3 Å². The minimum Gasteiger partial charge on any atom is -0.393 e. The second-order valence-corrected chi connectivity index (χ2v) is 6.73. The molecule has 1 spiro atoms. The molecule has 20 heavy (non-hydrogen) atoms. The summed E-state index contributed by atoms with van der Waals surface area (Å²) < 4.78 is 12.3. The molecule has 1 saturated carbocycles. The van der Waals surface area contributed by atoms with Gasteiger partial charge in [0, 0.05) is 5.92 Å². The average Bonchev–Trinajstić information content (AvgIpc) is 2.73. The van der Waals surface area contributed by atoms with Gasteiger partial charge in [-0.15, -0.1) is 0 Å². The third kappa shape index (κ3) is 2.41. The van der Waals surface area contributed by atoms with Crippen molar-refractivity contribution in [2.75, 3.05) is 0 Å². The zero-order chi connectivity index (χ0) is 14.2. The van der Waals surface area contributed by atoms with Crippen LogP contribution in [0.25, 0.3) is 0 Å². The Morgan fingerprint density at radius 1 is 1.00 bits per heavy atom. The second-order valence-electron chi connectivity index (χ2n) is 6.73. The number of aliphatic hydroxyl groups excluding tert-OH is 2. The summed E-state index contributed by atoms with van der Waals surface area (Å²) in [4.78, 5) is 0. The Morgan fingerprint density at radius 2 is 1.85 bits per heavy atom. The Hall–Kier alpha value is -0.160. The zero-order valence-electron chi connectivity index (χ0n) is 12.5. The fourth-order valence-corrected chi connectivity index (χ4v) is 4.23. The van der Waals surface area contributed by atoms with Gasteiger partial charge in [-0.05, 0) is 32.1 Å². The van der Waals surface area contributed by atoms with E-state index in [-0.39, 0.29) is 18.1 Å². The summed E-state index contributed by atoms with van der Waals surface area (Å²) in [6, 6.07) is 0. The molecule has 2 aliphatic heterocycles. The molecule has 2 heterocycles. The lowest BCUT2D eigenvalue weighted by molar-refractivity contribution is -0.307. The maximum Gasteiger partial charge on any atom is 0.200 e. The molecule has 116 valence electrons. The summed E-state index contributed by atoms with van der Waals surface area (Å²) in [5.74, 6) is -0.959. The topological polar surface area (TPSA) is 58.9 Å². The Kier molecular flexibility index (Phi) is 4.37. The lowest BCUT2D eigenvalue weighted by Gasteiger charge is -2.47. The maximum atomic E-state index is 10.4. The number of ether oxygens (including phenoxy) is 2. The molecule has 1 aliphatic carbocycles. The van der Waals surface area contributed by atoms with Gasteiger partial charge in [0.15, 0.2) is 0 Å². The predicted octanol–water partition coefficient (Wildman–Crippen LogP) is 2.36. The van der Waals surface area contributed by atoms with E-state index in [4.69, 9.17) is 9.47 Å². The molecule has 0 aromatic rings. The molecule has 0 radical (unpaired) electrons. The second kappa shape index (κ2) is 5.91. The molecule has 2 N–H and O–H groups in total. The molecule has 0 aromatic carbocycles. The Morgan fingerprint density at radius 3 is 2.65 bits per heavy atom. The molecule has 3 aliphatic rings. The molecule has 2 saturated heterocycles. The summed E-state index contributed by atoms with van der Waals surface area (Å²) >= 11 is 0. The van der Waals surface area contributed by atoms with Gasteiger partial charge in [-0.25, -0.2) is 0 Å². The summed E-state index contributed by atoms with van der Waals surface area (Å²) in [6.45, 7) is 2.21. The van der Waals surface area contributed by atoms with Gasteiger partial charge >= 0.3 is 0 Å². The Balaban J connectivity index is 1.65. The van der Waals surface area contributed by atoms with E-state index in [1.165, 1.54) is 19.3 Å². The van der Waals surface area contributed by atoms with Crippen LogP contribution in [-0.2, 0) is 9.47 Å². The third-order valence-electron chi connectivity index (χ3n) is 5.37. The standard InChI is InChI=1S/C16H28O4/c1-2-3-4-5-6-13-14-9-7-11-12(17)8-10-15(18)16(11,19-13)20-14/h11-15,17-18H,2-10H2,1H3/t11-,12-,13+,14+,15+,16-/m1/s1. The number of hydrogen-bond donors (Lipinski definition) is 2. The van der Waals surface area contributed by atoms with Crippen molar-refractivity contribution in [2.45, 2.75) is 94.9 Å². The molecule has 3 rings (SSSR count). The van der Waals surface area contributed by atoms with Crippen LogP contribution < -0.4 is 0 Å². The number of rotatable bonds is 5. The summed E-state index contributed by atoms with van der Waals surface area (Å²) in [5.41, 5.74) is 0. The molecule has 0 unspecified atom stereocenters. The first-order chi connectivity index (χ1) is 9.67. The normalized spacial score (nSPS) is 47.2. The quantitative estimate of drug-likeness (QED) is 0.761. The maximum absolute atomic E-state index is 10.4. The Bertz CT molecular complexity index is 334. The van der Waals surface area contributed by atoms with E-state index in [2.05, 4.69) is 6.92 Å². The minimum atomic E-state index is -0.907. The molecule has 4 heteroatoms. The van der Waals surface area contributed by atoms with Crippen molar-refractivity contribution in [2.24, 2.45) is 5.92 Å². The van der Waals surface area contributed by atoms with Crippen molar-refractivity contribution in [1.29, 1.82) is 0 Å². The van der Waals surface area contributed by atoms with E-state index in [0.717, 1.165) is 25.7 Å². The van der Waals surface area contributed by atoms with E-state index in [9.17, 15) is 10.2 Å². The van der Waals surface area contributed by atoms with Gasteiger partial charge in [0.1, 0.15) is 6.10 Å². The van der Waals surface area contributed by atoms with E-state index in [0.29, 0.717) is 12.8 Å². The molecule has 3 fully saturated rings. The number of fused-ring (bicyclic) bond motifs is 1. The van der Waals surface area contributed by atoms with Gasteiger partial charge in [-0.3, -0.25) is 0 Å². The van der Waals surface area contributed by atoms with E-state index < -0.39 is 18.0 Å². The van der Waals surface area contributed by atoms with Gasteiger partial charge in [-0.2, -0.15) is 0 Å². The van der Waals surface area contributed by atoms with Gasteiger partial charge in [0.25, 0.3) is 0 Å². The van der Waals surface area contributed by atoms with Crippen LogP contribution in [0.5, 0.6) is 0 Å². The van der Waals surface area contributed by atoms with Crippen LogP contribution in [0.1, 0.15) is 64.7 Å². The Labute approximate surface area is 121 Å². The first kappa shape index (κ1) is 14.8. The van der Waals surface area contributed by atoms with Crippen molar-refractivity contribution in [3.63, 3.8) is 0 Å². The number of aliphatic hydroxyl groups is 2. The lowest BCUT2D eigenvalue weighted by Crippen LogP contribution is -2.59. The van der Waals surface area contributed by atoms with Crippen molar-refractivity contribution in [3.8, 4) is 0 Å². The molecular formula is C16H28O4. The molecule has 0 aromatic heterocycles. The van der Waals surface area contributed by atoms with Gasteiger partial charge in [-0.1, -0.05) is 32.6 Å². The number of hydrogen-bond acceptors (Lipinski definition) is 4. The molecule has 4 nitrogen and oxygen atoms in total. The number of unbranched alkanes of at least 4 members (excludes halogenated alkanes) is 3. The summed E-state index contributed by atoms with van der Waals surface area (Å²) in [5, 5.41) is 20.6. The first-order valence-corrected chi connectivity index (χ1v) is 8.39. The van der Waals surface area contributed by atoms with Crippen LogP contribution in [0.2, 0.25) is 0 Å². The minimum absolute atomic E-state index is 0.0526.